The number of likely N-dealkylation sites (tertiary alicyclic amines) is 1. The molecule has 1 heterocycles. The summed E-state index contributed by atoms with van der Waals surface area (Å²) in [5.74, 6) is -4.13. The van der Waals surface area contributed by atoms with Gasteiger partial charge in [-0.25, -0.2) is 13.2 Å². The smallest absolute Gasteiger partial charge is 0.256 e. The molecule has 3 N–H and O–H groups in total. The van der Waals surface area contributed by atoms with Gasteiger partial charge < -0.3 is 20.6 Å². The highest BCUT2D eigenvalue weighted by Gasteiger charge is 2.44. The summed E-state index contributed by atoms with van der Waals surface area (Å²) in [6.07, 6.45) is 0. The lowest BCUT2D eigenvalue weighted by atomic mass is 9.92. The maximum Gasteiger partial charge on any atom is 0.256 e. The molecule has 10 heteroatoms. The number of β-amino-alcohol motifs (C(OH)–C–C–N with tert-alkyl or cyclic N) is 1. The summed E-state index contributed by atoms with van der Waals surface area (Å²) < 4.78 is 43.6. The average molecular weight is 533 g/mol. The van der Waals surface area contributed by atoms with E-state index in [9.17, 15) is 27.9 Å². The summed E-state index contributed by atoms with van der Waals surface area (Å²) in [6.45, 7) is 2.62. The molecule has 160 valence electrons. The van der Waals surface area contributed by atoms with Crippen LogP contribution in [0.4, 0.5) is 24.5 Å². The highest BCUT2D eigenvalue weighted by Crippen LogP contribution is 2.32. The Labute approximate surface area is 184 Å². The molecule has 3 rings (SSSR count). The third-order valence-corrected chi connectivity index (χ3v) is 6.00. The van der Waals surface area contributed by atoms with Crippen molar-refractivity contribution in [1.82, 2.24) is 10.2 Å². The third kappa shape index (κ3) is 4.38. The Kier molecular flexibility index (Phi) is 6.27. The molecule has 0 bridgehead atoms. The van der Waals surface area contributed by atoms with Crippen LogP contribution in [0.1, 0.15) is 22.8 Å². The van der Waals surface area contributed by atoms with Crippen molar-refractivity contribution in [3.63, 3.8) is 0 Å². The van der Waals surface area contributed by atoms with Crippen molar-refractivity contribution >= 4 is 45.8 Å². The van der Waals surface area contributed by atoms with E-state index >= 15 is 0 Å². The molecular weight excluding hydrogens is 514 g/mol. The molecule has 1 saturated heterocycles. The first-order valence-electron chi connectivity index (χ1n) is 8.98. The molecule has 0 aliphatic carbocycles. The molecule has 6 nitrogen and oxygen atoms in total. The highest BCUT2D eigenvalue weighted by atomic mass is 127. The second-order valence-electron chi connectivity index (χ2n) is 7.24. The van der Waals surface area contributed by atoms with Crippen LogP contribution >= 0.6 is 22.6 Å². The number of hydrogen-bond acceptors (Lipinski definition) is 4. The van der Waals surface area contributed by atoms with Crippen molar-refractivity contribution < 1.29 is 27.9 Å². The summed E-state index contributed by atoms with van der Waals surface area (Å²) in [4.78, 5) is 25.1. The van der Waals surface area contributed by atoms with E-state index < -0.39 is 34.6 Å². The molecule has 2 aromatic carbocycles. The molecule has 0 saturated carbocycles. The number of amides is 2. The van der Waals surface area contributed by atoms with E-state index in [4.69, 9.17) is 0 Å². The number of anilines is 2. The monoisotopic (exact) mass is 533 g/mol. The number of hydrogen-bond donors (Lipinski definition) is 3. The summed E-state index contributed by atoms with van der Waals surface area (Å²) >= 11 is 1.95. The molecule has 0 atom stereocenters. The van der Waals surface area contributed by atoms with Crippen molar-refractivity contribution in [2.75, 3.05) is 25.0 Å². The maximum atomic E-state index is 14.6. The fourth-order valence-electron chi connectivity index (χ4n) is 3.12. The van der Waals surface area contributed by atoms with Gasteiger partial charge >= 0.3 is 0 Å². The van der Waals surface area contributed by atoms with E-state index in [0.29, 0.717) is 9.13 Å². The van der Waals surface area contributed by atoms with Crippen LogP contribution in [0.15, 0.2) is 24.3 Å². The maximum absolute atomic E-state index is 14.6. The van der Waals surface area contributed by atoms with Gasteiger partial charge in [-0.05, 0) is 53.8 Å². The van der Waals surface area contributed by atoms with Crippen molar-refractivity contribution in [2.45, 2.75) is 19.4 Å². The zero-order valence-corrected chi connectivity index (χ0v) is 18.3. The van der Waals surface area contributed by atoms with Gasteiger partial charge in [0.05, 0.1) is 30.0 Å². The van der Waals surface area contributed by atoms with Crippen LogP contribution in [-0.2, 0) is 4.79 Å². The van der Waals surface area contributed by atoms with Crippen LogP contribution in [0.25, 0.3) is 0 Å². The first-order valence-corrected chi connectivity index (χ1v) is 10.1. The molecule has 30 heavy (non-hydrogen) atoms. The van der Waals surface area contributed by atoms with Gasteiger partial charge in [0, 0.05) is 22.6 Å². The van der Waals surface area contributed by atoms with Gasteiger partial charge in [-0.1, -0.05) is 0 Å². The fourth-order valence-corrected chi connectivity index (χ4v) is 3.54. The van der Waals surface area contributed by atoms with Gasteiger partial charge in [0.15, 0.2) is 17.5 Å². The van der Waals surface area contributed by atoms with Gasteiger partial charge in [-0.2, -0.15) is 0 Å². The van der Waals surface area contributed by atoms with Crippen LogP contribution in [-0.4, -0.2) is 47.1 Å². The lowest BCUT2D eigenvalue weighted by Crippen LogP contribution is -2.67. The Hall–Kier alpha value is -2.34. The molecule has 2 aromatic rings. The second-order valence-corrected chi connectivity index (χ2v) is 8.40. The molecule has 0 aromatic heterocycles. The topological polar surface area (TPSA) is 81.7 Å². The molecule has 0 radical (unpaired) electrons. The molecular formula is C20H19F3IN3O3. The van der Waals surface area contributed by atoms with Crippen LogP contribution in [0.2, 0.25) is 0 Å². The Morgan fingerprint density at radius 1 is 1.17 bits per heavy atom. The van der Waals surface area contributed by atoms with Crippen LogP contribution < -0.4 is 10.6 Å². The summed E-state index contributed by atoms with van der Waals surface area (Å²) in [5.41, 5.74) is -1.76. The fraction of sp³-hybridized carbons (Fsp3) is 0.300. The zero-order valence-electron chi connectivity index (χ0n) is 16.2. The van der Waals surface area contributed by atoms with E-state index in [1.807, 2.05) is 22.6 Å². The number of carbonyl (C=O) groups is 2. The number of halogens is 4. The molecule has 1 aliphatic heterocycles. The Morgan fingerprint density at radius 2 is 1.83 bits per heavy atom. The Bertz CT molecular complexity index is 1030. The Morgan fingerprint density at radius 3 is 2.47 bits per heavy atom. The van der Waals surface area contributed by atoms with E-state index in [1.165, 1.54) is 17.9 Å². The minimum Gasteiger partial charge on any atom is -0.384 e. The first-order chi connectivity index (χ1) is 14.0. The van der Waals surface area contributed by atoms with Gasteiger partial charge in [0.1, 0.15) is 5.60 Å². The lowest BCUT2D eigenvalue weighted by Gasteiger charge is -2.46. The second kappa shape index (κ2) is 8.42. The summed E-state index contributed by atoms with van der Waals surface area (Å²) in [7, 11) is 0. The first kappa shape index (κ1) is 22.3. The Balaban J connectivity index is 1.87. The largest absolute Gasteiger partial charge is 0.384 e. The van der Waals surface area contributed by atoms with Gasteiger partial charge in [0.2, 0.25) is 5.91 Å². The standard InChI is InChI=1S/C20H19F3IN3O3/c1-10-14(24)5-6-15(16(10)22)26-18-12(3-4-13(21)17(18)23)19(29)27-8-20(30,9-27)7-25-11(2)28/h3-6,26,30H,7-9H2,1-2H3,(H,25,28). The number of aliphatic hydroxyl groups is 1. The minimum atomic E-state index is -1.31. The summed E-state index contributed by atoms with van der Waals surface area (Å²) in [5, 5.41) is 15.3. The third-order valence-electron chi connectivity index (χ3n) is 4.83. The van der Waals surface area contributed by atoms with Crippen molar-refractivity contribution in [1.29, 1.82) is 0 Å². The number of carbonyl (C=O) groups excluding carboxylic acids is 2. The van der Waals surface area contributed by atoms with E-state index in [2.05, 4.69) is 10.6 Å². The number of nitrogens with one attached hydrogen (secondary N) is 2. The lowest BCUT2D eigenvalue weighted by molar-refractivity contribution is -0.123. The molecule has 1 fully saturated rings. The number of rotatable bonds is 5. The van der Waals surface area contributed by atoms with E-state index in [1.54, 1.807) is 13.0 Å². The zero-order chi connectivity index (χ0) is 22.2. The normalized spacial score (nSPS) is 14.8. The van der Waals surface area contributed by atoms with E-state index in [0.717, 1.165) is 12.1 Å². The van der Waals surface area contributed by atoms with Gasteiger partial charge in [0.25, 0.3) is 5.91 Å². The van der Waals surface area contributed by atoms with Crippen LogP contribution in [0.3, 0.4) is 0 Å². The van der Waals surface area contributed by atoms with Crippen LogP contribution in [0.5, 0.6) is 0 Å². The van der Waals surface area contributed by atoms with Crippen molar-refractivity contribution in [3.8, 4) is 0 Å². The molecule has 0 spiro atoms. The minimum absolute atomic E-state index is 0.0395. The molecule has 1 aliphatic rings. The predicted octanol–water partition coefficient (Wildman–Crippen LogP) is 3.08. The van der Waals surface area contributed by atoms with E-state index in [-0.39, 0.29) is 36.8 Å². The average Bonchev–Trinajstić information content (AvgIpc) is 2.67. The van der Waals surface area contributed by atoms with Crippen molar-refractivity contribution in [3.05, 3.63) is 56.4 Å². The quantitative estimate of drug-likeness (QED) is 0.517. The molecule has 2 amide bonds. The number of benzene rings is 2. The predicted molar refractivity (Wildman–Crippen MR) is 113 cm³/mol. The van der Waals surface area contributed by atoms with Gasteiger partial charge in [-0.15, -0.1) is 0 Å². The molecule has 0 unspecified atom stereocenters. The SMILES string of the molecule is CC(=O)NCC1(O)CN(C(=O)c2ccc(F)c(F)c2Nc2ccc(I)c(C)c2F)C1. The van der Waals surface area contributed by atoms with Crippen molar-refractivity contribution in [2.24, 2.45) is 0 Å². The van der Waals surface area contributed by atoms with Gasteiger partial charge in [-0.3, -0.25) is 9.59 Å². The number of nitrogens with zero attached hydrogens (tertiary/aromatic N) is 1. The highest BCUT2D eigenvalue weighted by molar-refractivity contribution is 14.1. The van der Waals surface area contributed by atoms with Crippen LogP contribution in [0, 0.1) is 27.9 Å². The summed E-state index contributed by atoms with van der Waals surface area (Å²) in [6, 6.07) is 4.90.